The van der Waals surface area contributed by atoms with Crippen molar-refractivity contribution in [2.45, 2.75) is 18.0 Å². The summed E-state index contributed by atoms with van der Waals surface area (Å²) in [5.41, 5.74) is 2.52. The number of sulfonamides is 1. The van der Waals surface area contributed by atoms with Gasteiger partial charge in [0.25, 0.3) is 5.91 Å². The van der Waals surface area contributed by atoms with E-state index in [9.17, 15) is 18.3 Å². The third-order valence-electron chi connectivity index (χ3n) is 5.79. The summed E-state index contributed by atoms with van der Waals surface area (Å²) < 4.78 is 32.9. The number of aromatic nitrogens is 2. The molecule has 0 saturated carbocycles. The molecule has 0 spiro atoms. The van der Waals surface area contributed by atoms with Gasteiger partial charge in [-0.1, -0.05) is 18.2 Å². The van der Waals surface area contributed by atoms with Crippen molar-refractivity contribution < 1.29 is 23.1 Å². The molecule has 0 fully saturated rings. The van der Waals surface area contributed by atoms with Gasteiger partial charge in [-0.05, 0) is 30.3 Å². The van der Waals surface area contributed by atoms with Crippen LogP contribution in [0, 0.1) is 0 Å². The molecule has 3 heterocycles. The van der Waals surface area contributed by atoms with E-state index in [1.807, 2.05) is 4.90 Å². The van der Waals surface area contributed by atoms with Gasteiger partial charge in [-0.25, -0.2) is 8.42 Å². The average Bonchev–Trinajstić information content (AvgIpc) is 3.42. The summed E-state index contributed by atoms with van der Waals surface area (Å²) in [7, 11) is -3.66. The number of carbonyl (C=O) groups excluding carboxylic acids is 1. The number of β-amino-alcohol motifs (C(OH)–C–C–N with tert-alkyl or cyclic N) is 1. The molecule has 1 aromatic heterocycles. The molecule has 33 heavy (non-hydrogen) atoms. The number of rotatable bonds is 6. The Bertz CT molecular complexity index is 1290. The van der Waals surface area contributed by atoms with Crippen LogP contribution >= 0.6 is 0 Å². The van der Waals surface area contributed by atoms with E-state index < -0.39 is 10.0 Å². The summed E-state index contributed by atoms with van der Waals surface area (Å²) >= 11 is 0. The lowest BCUT2D eigenvalue weighted by atomic mass is 10.1. The van der Waals surface area contributed by atoms with Gasteiger partial charge in [0.15, 0.2) is 5.82 Å². The maximum Gasteiger partial charge on any atom is 0.257 e. The number of aliphatic hydroxyl groups is 1. The second kappa shape index (κ2) is 8.50. The molecule has 0 bridgehead atoms. The number of ether oxygens (including phenoxy) is 1. The number of anilines is 2. The van der Waals surface area contributed by atoms with Gasteiger partial charge < -0.3 is 20.1 Å². The minimum absolute atomic E-state index is 0.0307. The third-order valence-corrected chi connectivity index (χ3v) is 7.59. The molecule has 2 aliphatic rings. The van der Waals surface area contributed by atoms with Crippen LogP contribution in [0.25, 0.3) is 0 Å². The van der Waals surface area contributed by atoms with Crippen molar-refractivity contribution in [3.05, 3.63) is 65.4 Å². The highest BCUT2D eigenvalue weighted by Crippen LogP contribution is 2.34. The summed E-state index contributed by atoms with van der Waals surface area (Å²) in [5.74, 6) is 0.510. The predicted octanol–water partition coefficient (Wildman–Crippen LogP) is 1.56. The normalized spacial score (nSPS) is 15.6. The molecule has 0 saturated heterocycles. The summed E-state index contributed by atoms with van der Waals surface area (Å²) in [6, 6.07) is 13.4. The van der Waals surface area contributed by atoms with Crippen molar-refractivity contribution in [2.24, 2.45) is 0 Å². The van der Waals surface area contributed by atoms with Crippen molar-refractivity contribution in [2.75, 3.05) is 36.5 Å². The van der Waals surface area contributed by atoms with Gasteiger partial charge in [-0.15, -0.1) is 0 Å². The molecule has 3 N–H and O–H groups in total. The highest BCUT2D eigenvalue weighted by atomic mass is 32.2. The smallest absolute Gasteiger partial charge is 0.257 e. The summed E-state index contributed by atoms with van der Waals surface area (Å²) in [6.45, 7) is 1.93. The molecular weight excluding hydrogens is 446 g/mol. The third kappa shape index (κ3) is 3.94. The molecule has 172 valence electrons. The van der Waals surface area contributed by atoms with E-state index in [-0.39, 0.29) is 30.5 Å². The predicted molar refractivity (Wildman–Crippen MR) is 121 cm³/mol. The van der Waals surface area contributed by atoms with Gasteiger partial charge in [0.05, 0.1) is 36.0 Å². The van der Waals surface area contributed by atoms with Crippen molar-refractivity contribution in [1.82, 2.24) is 14.5 Å². The van der Waals surface area contributed by atoms with Gasteiger partial charge in [-0.2, -0.15) is 9.40 Å². The van der Waals surface area contributed by atoms with Gasteiger partial charge >= 0.3 is 0 Å². The first kappa shape index (κ1) is 21.4. The highest BCUT2D eigenvalue weighted by molar-refractivity contribution is 7.89. The van der Waals surface area contributed by atoms with Crippen LogP contribution < -0.4 is 15.0 Å². The van der Waals surface area contributed by atoms with Crippen molar-refractivity contribution in [3.8, 4) is 5.75 Å². The van der Waals surface area contributed by atoms with Crippen LogP contribution in [0.4, 0.5) is 11.5 Å². The Kier molecular flexibility index (Phi) is 5.52. The first-order chi connectivity index (χ1) is 16.0. The van der Waals surface area contributed by atoms with E-state index in [2.05, 4.69) is 15.5 Å². The number of carbonyl (C=O) groups is 1. The lowest BCUT2D eigenvalue weighted by Crippen LogP contribution is -2.35. The Morgan fingerprint density at radius 3 is 2.79 bits per heavy atom. The SMILES string of the molecule is O=C(Nc1n[nH]c2c1CN(S(=O)(=O)c1ccccc1)C2)c1ccc2c(c1)OCCN2CCO. The quantitative estimate of drug-likeness (QED) is 0.500. The molecule has 3 aromatic rings. The van der Waals surface area contributed by atoms with E-state index >= 15 is 0 Å². The number of benzene rings is 2. The number of amides is 1. The average molecular weight is 470 g/mol. The molecule has 2 aliphatic heterocycles. The Morgan fingerprint density at radius 2 is 2.00 bits per heavy atom. The minimum Gasteiger partial charge on any atom is -0.490 e. The van der Waals surface area contributed by atoms with E-state index in [1.54, 1.807) is 48.5 Å². The Hall–Kier alpha value is -3.41. The fraction of sp³-hybridized carbons (Fsp3) is 0.273. The Labute approximate surface area is 190 Å². The number of H-pyrrole nitrogens is 1. The number of hydrogen-bond acceptors (Lipinski definition) is 7. The maximum atomic E-state index is 12.9. The van der Waals surface area contributed by atoms with Crippen LogP contribution in [0.15, 0.2) is 53.4 Å². The van der Waals surface area contributed by atoms with Crippen molar-refractivity contribution in [1.29, 1.82) is 0 Å². The van der Waals surface area contributed by atoms with Crippen LogP contribution in [0.2, 0.25) is 0 Å². The molecule has 0 unspecified atom stereocenters. The summed E-state index contributed by atoms with van der Waals surface area (Å²) in [6.07, 6.45) is 0. The molecule has 2 aromatic carbocycles. The van der Waals surface area contributed by atoms with Crippen LogP contribution in [0.3, 0.4) is 0 Å². The lowest BCUT2D eigenvalue weighted by molar-refractivity contribution is 0.102. The van der Waals surface area contributed by atoms with Gasteiger partial charge in [-0.3, -0.25) is 9.89 Å². The Balaban J connectivity index is 1.33. The molecule has 0 atom stereocenters. The number of nitrogens with one attached hydrogen (secondary N) is 2. The lowest BCUT2D eigenvalue weighted by Gasteiger charge is -2.30. The number of aliphatic hydroxyl groups excluding tert-OH is 1. The van der Waals surface area contributed by atoms with E-state index in [0.29, 0.717) is 48.1 Å². The molecule has 10 nitrogen and oxygen atoms in total. The molecule has 11 heteroatoms. The monoisotopic (exact) mass is 469 g/mol. The molecule has 1 amide bonds. The Morgan fingerprint density at radius 1 is 1.18 bits per heavy atom. The second-order valence-electron chi connectivity index (χ2n) is 7.81. The van der Waals surface area contributed by atoms with Gasteiger partial charge in [0, 0.05) is 24.2 Å². The van der Waals surface area contributed by atoms with E-state index in [1.165, 1.54) is 4.31 Å². The zero-order valence-corrected chi connectivity index (χ0v) is 18.5. The standard InChI is InChI=1S/C22H23N5O5S/c28-10-8-26-9-11-32-20-12-15(6-7-19(20)26)22(29)23-21-17-13-27(14-18(17)24-25-21)33(30,31)16-4-2-1-3-5-16/h1-7,12,28H,8-11,13-14H2,(H2,23,24,25,29). The van der Waals surface area contributed by atoms with Crippen LogP contribution in [0.5, 0.6) is 5.75 Å². The zero-order valence-electron chi connectivity index (χ0n) is 17.7. The van der Waals surface area contributed by atoms with Crippen molar-refractivity contribution >= 4 is 27.4 Å². The number of nitrogens with zero attached hydrogens (tertiary/aromatic N) is 3. The fourth-order valence-corrected chi connectivity index (χ4v) is 5.47. The van der Waals surface area contributed by atoms with Crippen LogP contribution in [-0.4, -0.2) is 60.2 Å². The van der Waals surface area contributed by atoms with Crippen LogP contribution in [-0.2, 0) is 23.1 Å². The largest absolute Gasteiger partial charge is 0.490 e. The number of hydrogen-bond donors (Lipinski definition) is 3. The zero-order chi connectivity index (χ0) is 23.0. The molecule has 0 aliphatic carbocycles. The molecule has 5 rings (SSSR count). The first-order valence-corrected chi connectivity index (χ1v) is 12.0. The number of aromatic amines is 1. The molecular formula is C22H23N5O5S. The van der Waals surface area contributed by atoms with Gasteiger partial charge in [0.2, 0.25) is 10.0 Å². The topological polar surface area (TPSA) is 128 Å². The van der Waals surface area contributed by atoms with Gasteiger partial charge in [0.1, 0.15) is 12.4 Å². The number of fused-ring (bicyclic) bond motifs is 2. The van der Waals surface area contributed by atoms with E-state index in [0.717, 1.165) is 5.69 Å². The van der Waals surface area contributed by atoms with Crippen LogP contribution in [0.1, 0.15) is 21.6 Å². The highest BCUT2D eigenvalue weighted by Gasteiger charge is 2.34. The maximum absolute atomic E-state index is 12.9. The molecule has 0 radical (unpaired) electrons. The van der Waals surface area contributed by atoms with Crippen molar-refractivity contribution in [3.63, 3.8) is 0 Å². The summed E-state index contributed by atoms with van der Waals surface area (Å²) in [4.78, 5) is 15.1. The second-order valence-corrected chi connectivity index (χ2v) is 9.75. The summed E-state index contributed by atoms with van der Waals surface area (Å²) in [5, 5.41) is 19.0. The fourth-order valence-electron chi connectivity index (χ4n) is 4.08. The minimum atomic E-state index is -3.66. The van der Waals surface area contributed by atoms with E-state index in [4.69, 9.17) is 4.74 Å². The first-order valence-electron chi connectivity index (χ1n) is 10.5.